The van der Waals surface area contributed by atoms with E-state index in [1.54, 1.807) is 18.2 Å². The number of para-hydroxylation sites is 1. The average molecular weight is 318 g/mol. The van der Waals surface area contributed by atoms with Crippen molar-refractivity contribution in [1.29, 1.82) is 0 Å². The zero-order valence-electron chi connectivity index (χ0n) is 12.6. The van der Waals surface area contributed by atoms with Gasteiger partial charge in [-0.25, -0.2) is 8.78 Å². The lowest BCUT2D eigenvalue weighted by atomic mass is 10.2. The number of halogens is 2. The fraction of sp³-hybridized carbons (Fsp3) is 0.176. The van der Waals surface area contributed by atoms with E-state index in [2.05, 4.69) is 5.32 Å². The van der Waals surface area contributed by atoms with Gasteiger partial charge in [0.15, 0.2) is 0 Å². The summed E-state index contributed by atoms with van der Waals surface area (Å²) in [5.41, 5.74) is 0.775. The Hall–Kier alpha value is -2.76. The van der Waals surface area contributed by atoms with Crippen molar-refractivity contribution in [3.8, 4) is 0 Å². The topological polar surface area (TPSA) is 49.4 Å². The first kappa shape index (κ1) is 16.6. The van der Waals surface area contributed by atoms with Gasteiger partial charge in [0.25, 0.3) is 0 Å². The van der Waals surface area contributed by atoms with Crippen LogP contribution in [0.5, 0.6) is 0 Å². The minimum atomic E-state index is -0.575. The van der Waals surface area contributed by atoms with Crippen LogP contribution >= 0.6 is 0 Å². The molecule has 0 radical (unpaired) electrons. The lowest BCUT2D eigenvalue weighted by molar-refractivity contribution is -0.123. The van der Waals surface area contributed by atoms with E-state index in [9.17, 15) is 18.4 Å². The molecule has 2 rings (SSSR count). The first-order valence-electron chi connectivity index (χ1n) is 7.01. The van der Waals surface area contributed by atoms with Crippen molar-refractivity contribution in [3.63, 3.8) is 0 Å². The van der Waals surface area contributed by atoms with E-state index < -0.39 is 17.6 Å². The van der Waals surface area contributed by atoms with Crippen molar-refractivity contribution in [3.05, 3.63) is 65.7 Å². The van der Waals surface area contributed by atoms with Crippen LogP contribution in [0.15, 0.2) is 48.5 Å². The van der Waals surface area contributed by atoms with E-state index in [0.29, 0.717) is 0 Å². The predicted molar refractivity (Wildman–Crippen MR) is 82.7 cm³/mol. The molecule has 2 amide bonds. The van der Waals surface area contributed by atoms with Gasteiger partial charge in [-0.2, -0.15) is 0 Å². The van der Waals surface area contributed by atoms with Crippen LogP contribution in [-0.4, -0.2) is 18.4 Å². The van der Waals surface area contributed by atoms with Crippen LogP contribution in [0, 0.1) is 11.6 Å². The Morgan fingerprint density at radius 2 is 1.70 bits per heavy atom. The van der Waals surface area contributed by atoms with Crippen molar-refractivity contribution < 1.29 is 18.4 Å². The largest absolute Gasteiger partial charge is 0.350 e. The van der Waals surface area contributed by atoms with E-state index in [-0.39, 0.29) is 24.6 Å². The third kappa shape index (κ3) is 4.60. The molecular formula is C17H16F2N2O2. The van der Waals surface area contributed by atoms with Crippen molar-refractivity contribution in [2.24, 2.45) is 0 Å². The number of amides is 2. The minimum Gasteiger partial charge on any atom is -0.350 e. The maximum atomic E-state index is 13.8. The molecule has 2 aromatic carbocycles. The van der Waals surface area contributed by atoms with Crippen molar-refractivity contribution in [2.75, 3.05) is 11.4 Å². The molecule has 0 aliphatic carbocycles. The summed E-state index contributed by atoms with van der Waals surface area (Å²) in [4.78, 5) is 24.7. The maximum Gasteiger partial charge on any atom is 0.240 e. The molecule has 23 heavy (non-hydrogen) atoms. The first-order valence-corrected chi connectivity index (χ1v) is 7.01. The summed E-state index contributed by atoms with van der Waals surface area (Å²) in [6.45, 7) is 1.17. The van der Waals surface area contributed by atoms with E-state index in [0.717, 1.165) is 10.5 Å². The Morgan fingerprint density at radius 1 is 1.04 bits per heavy atom. The van der Waals surface area contributed by atoms with Gasteiger partial charge in [0.05, 0.1) is 5.69 Å². The van der Waals surface area contributed by atoms with Crippen molar-refractivity contribution in [1.82, 2.24) is 5.32 Å². The number of hydrogen-bond donors (Lipinski definition) is 1. The van der Waals surface area contributed by atoms with Crippen LogP contribution < -0.4 is 10.2 Å². The first-order chi connectivity index (χ1) is 11.0. The van der Waals surface area contributed by atoms with Gasteiger partial charge in [0.2, 0.25) is 11.8 Å². The number of anilines is 1. The van der Waals surface area contributed by atoms with E-state index in [1.807, 2.05) is 0 Å². The van der Waals surface area contributed by atoms with E-state index in [4.69, 9.17) is 0 Å². The van der Waals surface area contributed by atoms with Crippen LogP contribution in [0.1, 0.15) is 12.5 Å². The molecular weight excluding hydrogens is 302 g/mol. The third-order valence-electron chi connectivity index (χ3n) is 3.23. The molecule has 2 aromatic rings. The second kappa shape index (κ2) is 7.49. The highest BCUT2D eigenvalue weighted by Crippen LogP contribution is 2.18. The Balaban J connectivity index is 2.00. The van der Waals surface area contributed by atoms with Gasteiger partial charge < -0.3 is 10.2 Å². The van der Waals surface area contributed by atoms with Gasteiger partial charge in [-0.05, 0) is 29.8 Å². The number of carbonyl (C=O) groups is 2. The van der Waals surface area contributed by atoms with E-state index >= 15 is 0 Å². The Morgan fingerprint density at radius 3 is 2.30 bits per heavy atom. The molecule has 0 fully saturated rings. The Bertz CT molecular complexity index is 702. The summed E-state index contributed by atoms with van der Waals surface area (Å²) in [5, 5.41) is 2.62. The summed E-state index contributed by atoms with van der Waals surface area (Å²) in [6, 6.07) is 11.4. The van der Waals surface area contributed by atoms with Gasteiger partial charge in [0, 0.05) is 13.5 Å². The molecule has 120 valence electrons. The molecule has 0 unspecified atom stereocenters. The summed E-state index contributed by atoms with van der Waals surface area (Å²) in [7, 11) is 0. The number of hydrogen-bond acceptors (Lipinski definition) is 2. The Kier molecular flexibility index (Phi) is 5.41. The van der Waals surface area contributed by atoms with Crippen LogP contribution in [0.2, 0.25) is 0 Å². The lowest BCUT2D eigenvalue weighted by Crippen LogP contribution is -2.40. The molecule has 0 aliphatic rings. The van der Waals surface area contributed by atoms with Gasteiger partial charge in [0.1, 0.15) is 18.2 Å². The number of carbonyl (C=O) groups excluding carboxylic acids is 2. The highest BCUT2D eigenvalue weighted by molar-refractivity contribution is 5.97. The number of benzene rings is 2. The van der Waals surface area contributed by atoms with Crippen molar-refractivity contribution in [2.45, 2.75) is 13.5 Å². The number of nitrogens with zero attached hydrogens (tertiary/aromatic N) is 1. The standard InChI is InChI=1S/C17H16F2N2O2/c1-12(22)21(16-5-3-2-4-15(16)19)11-17(23)20-10-13-6-8-14(18)9-7-13/h2-9H,10-11H2,1H3,(H,20,23). The second-order valence-corrected chi connectivity index (χ2v) is 4.96. The fourth-order valence-corrected chi connectivity index (χ4v) is 2.04. The van der Waals surface area contributed by atoms with Gasteiger partial charge in [-0.1, -0.05) is 24.3 Å². The molecule has 0 aliphatic heterocycles. The molecule has 4 nitrogen and oxygen atoms in total. The summed E-state index contributed by atoms with van der Waals surface area (Å²) >= 11 is 0. The highest BCUT2D eigenvalue weighted by Gasteiger charge is 2.18. The zero-order chi connectivity index (χ0) is 16.8. The molecule has 0 spiro atoms. The second-order valence-electron chi connectivity index (χ2n) is 4.96. The average Bonchev–Trinajstić information content (AvgIpc) is 2.52. The number of nitrogens with one attached hydrogen (secondary N) is 1. The van der Waals surface area contributed by atoms with E-state index in [1.165, 1.54) is 37.3 Å². The molecule has 0 saturated carbocycles. The zero-order valence-corrected chi connectivity index (χ0v) is 12.6. The summed E-state index contributed by atoms with van der Waals surface area (Å²) < 4.78 is 26.6. The van der Waals surface area contributed by atoms with Gasteiger partial charge in [-0.3, -0.25) is 9.59 Å². The van der Waals surface area contributed by atoms with Gasteiger partial charge in [-0.15, -0.1) is 0 Å². The normalized spacial score (nSPS) is 10.2. The molecule has 6 heteroatoms. The quantitative estimate of drug-likeness (QED) is 0.921. The summed E-state index contributed by atoms with van der Waals surface area (Å²) in [6.07, 6.45) is 0. The molecule has 0 atom stereocenters. The fourth-order valence-electron chi connectivity index (χ4n) is 2.04. The molecule has 0 bridgehead atoms. The predicted octanol–water partition coefficient (Wildman–Crippen LogP) is 2.63. The minimum absolute atomic E-state index is 0.0527. The number of rotatable bonds is 5. The highest BCUT2D eigenvalue weighted by atomic mass is 19.1. The van der Waals surface area contributed by atoms with Gasteiger partial charge >= 0.3 is 0 Å². The smallest absolute Gasteiger partial charge is 0.240 e. The lowest BCUT2D eigenvalue weighted by Gasteiger charge is -2.21. The van der Waals surface area contributed by atoms with Crippen LogP contribution in [0.25, 0.3) is 0 Å². The van der Waals surface area contributed by atoms with Crippen molar-refractivity contribution >= 4 is 17.5 Å². The monoisotopic (exact) mass is 318 g/mol. The Labute approximate surface area is 132 Å². The molecule has 0 heterocycles. The third-order valence-corrected chi connectivity index (χ3v) is 3.23. The van der Waals surface area contributed by atoms with Crippen LogP contribution in [0.3, 0.4) is 0 Å². The molecule has 0 saturated heterocycles. The maximum absolute atomic E-state index is 13.8. The molecule has 0 aromatic heterocycles. The summed E-state index contributed by atoms with van der Waals surface area (Å²) in [5.74, 6) is -1.81. The van der Waals surface area contributed by atoms with Crippen LogP contribution in [-0.2, 0) is 16.1 Å². The molecule has 1 N–H and O–H groups in total. The van der Waals surface area contributed by atoms with Crippen LogP contribution in [0.4, 0.5) is 14.5 Å². The SMILES string of the molecule is CC(=O)N(CC(=O)NCc1ccc(F)cc1)c1ccccc1F.